The van der Waals surface area contributed by atoms with Gasteiger partial charge in [-0.25, -0.2) is 23.5 Å². The predicted molar refractivity (Wildman–Crippen MR) is 182 cm³/mol. The van der Waals surface area contributed by atoms with E-state index in [0.29, 0.717) is 24.3 Å². The Balaban J connectivity index is 0.000000229. The first-order valence-electron chi connectivity index (χ1n) is 15.5. The van der Waals surface area contributed by atoms with Crippen LogP contribution >= 0.6 is 23.5 Å². The lowest BCUT2D eigenvalue weighted by atomic mass is 9.85. The van der Waals surface area contributed by atoms with Gasteiger partial charge < -0.3 is 25.0 Å². The van der Waals surface area contributed by atoms with Crippen LogP contribution in [0, 0.1) is 11.6 Å². The number of nitrogens with one attached hydrogen (secondary N) is 1. The maximum Gasteiger partial charge on any atom is 0.341 e. The summed E-state index contributed by atoms with van der Waals surface area (Å²) in [4.78, 5) is 33.4. The summed E-state index contributed by atoms with van der Waals surface area (Å²) in [6.45, 7) is 4.22. The van der Waals surface area contributed by atoms with Crippen molar-refractivity contribution in [2.45, 2.75) is 61.3 Å². The highest BCUT2D eigenvalue weighted by Crippen LogP contribution is 2.30. The molecular formula is C35H37F2N3O6S2. The fourth-order valence-electron chi connectivity index (χ4n) is 4.87. The van der Waals surface area contributed by atoms with Gasteiger partial charge in [0, 0.05) is 16.3 Å². The van der Waals surface area contributed by atoms with E-state index < -0.39 is 29.1 Å². The summed E-state index contributed by atoms with van der Waals surface area (Å²) in [5.74, 6) is -0.401. The molecule has 1 aliphatic rings. The van der Waals surface area contributed by atoms with Gasteiger partial charge in [-0.1, -0.05) is 45.2 Å². The Morgan fingerprint density at radius 2 is 1.31 bits per heavy atom. The second-order valence-electron chi connectivity index (χ2n) is 10.8. The van der Waals surface area contributed by atoms with Crippen LogP contribution in [0.25, 0.3) is 0 Å². The van der Waals surface area contributed by atoms with E-state index in [9.17, 15) is 23.5 Å². The lowest BCUT2D eigenvalue weighted by Crippen LogP contribution is -2.44. The van der Waals surface area contributed by atoms with Gasteiger partial charge in [0.1, 0.15) is 34.3 Å². The zero-order valence-corrected chi connectivity index (χ0v) is 28.2. The van der Waals surface area contributed by atoms with Crippen LogP contribution in [0.3, 0.4) is 0 Å². The average molecular weight is 698 g/mol. The van der Waals surface area contributed by atoms with Gasteiger partial charge in [0.25, 0.3) is 5.91 Å². The molecule has 4 aromatic rings. The minimum Gasteiger partial charge on any atom is -0.477 e. The Bertz CT molecular complexity index is 1700. The number of carbonyl (C=O) groups is 2. The first kappa shape index (κ1) is 36.6. The number of nitrogens with zero attached hydrogens (tertiary/aromatic N) is 2. The molecule has 1 aliphatic carbocycles. The van der Waals surface area contributed by atoms with Crippen LogP contribution in [0.1, 0.15) is 66.7 Å². The third-order valence-corrected chi connectivity index (χ3v) is 8.89. The molecule has 3 N–H and O–H groups in total. The Hall–Kier alpha value is -4.20. The van der Waals surface area contributed by atoms with Crippen molar-refractivity contribution < 1.29 is 38.1 Å². The molecule has 9 nitrogen and oxygen atoms in total. The van der Waals surface area contributed by atoms with Gasteiger partial charge in [0.05, 0.1) is 18.0 Å². The topological polar surface area (TPSA) is 131 Å². The molecule has 48 heavy (non-hydrogen) atoms. The van der Waals surface area contributed by atoms with Gasteiger partial charge in [0.15, 0.2) is 0 Å². The normalized spacial score (nSPS) is 13.5. The SMILES string of the molecule is CCSc1cccc(Oc2ncc(F)cc2C(=O)NCC2(O)CCCCC2)c1.CCSc1cccc(Oc2ncc(F)cc2C(=O)O)c1. The maximum absolute atomic E-state index is 13.7. The second kappa shape index (κ2) is 17.8. The van der Waals surface area contributed by atoms with Gasteiger partial charge in [-0.05, 0) is 72.9 Å². The molecule has 2 heterocycles. The predicted octanol–water partition coefficient (Wildman–Crippen LogP) is 8.37. The molecule has 0 spiro atoms. The van der Waals surface area contributed by atoms with Crippen molar-refractivity contribution in [1.29, 1.82) is 0 Å². The first-order valence-corrected chi connectivity index (χ1v) is 17.4. The van der Waals surface area contributed by atoms with Crippen molar-refractivity contribution in [2.75, 3.05) is 18.1 Å². The largest absolute Gasteiger partial charge is 0.477 e. The number of aliphatic hydroxyl groups is 1. The molecule has 0 aliphatic heterocycles. The Labute approximate surface area is 286 Å². The van der Waals surface area contributed by atoms with Crippen LogP contribution in [0.5, 0.6) is 23.3 Å². The molecule has 0 radical (unpaired) electrons. The van der Waals surface area contributed by atoms with Gasteiger partial charge in [-0.3, -0.25) is 4.79 Å². The number of hydrogen-bond donors (Lipinski definition) is 3. The number of amides is 1. The van der Waals surface area contributed by atoms with Crippen molar-refractivity contribution in [3.63, 3.8) is 0 Å². The lowest BCUT2D eigenvalue weighted by Gasteiger charge is -2.32. The fourth-order valence-corrected chi connectivity index (χ4v) is 6.29. The number of carbonyl (C=O) groups excluding carboxylic acids is 1. The van der Waals surface area contributed by atoms with Crippen LogP contribution in [0.15, 0.2) is 82.8 Å². The highest BCUT2D eigenvalue weighted by Gasteiger charge is 2.30. The maximum atomic E-state index is 13.7. The number of aromatic carboxylic acids is 1. The molecule has 1 fully saturated rings. The molecular weight excluding hydrogens is 661 g/mol. The van der Waals surface area contributed by atoms with Crippen LogP contribution in [-0.2, 0) is 0 Å². The number of carboxylic acid groups (broad SMARTS) is 1. The molecule has 2 aromatic carbocycles. The number of halogens is 2. The smallest absolute Gasteiger partial charge is 0.341 e. The van der Waals surface area contributed by atoms with Crippen LogP contribution < -0.4 is 14.8 Å². The molecule has 5 rings (SSSR count). The summed E-state index contributed by atoms with van der Waals surface area (Å²) in [6.07, 6.45) is 6.22. The van der Waals surface area contributed by atoms with Crippen molar-refractivity contribution in [2.24, 2.45) is 0 Å². The van der Waals surface area contributed by atoms with Crippen molar-refractivity contribution in [3.8, 4) is 23.3 Å². The van der Waals surface area contributed by atoms with Gasteiger partial charge in [-0.2, -0.15) is 0 Å². The minimum absolute atomic E-state index is 0.00737. The van der Waals surface area contributed by atoms with Gasteiger partial charge in [0.2, 0.25) is 11.8 Å². The van der Waals surface area contributed by atoms with Gasteiger partial charge in [-0.15, -0.1) is 23.5 Å². The van der Waals surface area contributed by atoms with Crippen LogP contribution in [0.4, 0.5) is 8.78 Å². The average Bonchev–Trinajstić information content (AvgIpc) is 3.07. The Kier molecular flexibility index (Phi) is 13.6. The van der Waals surface area contributed by atoms with Crippen molar-refractivity contribution in [3.05, 3.63) is 95.8 Å². The molecule has 0 atom stereocenters. The van der Waals surface area contributed by atoms with E-state index in [2.05, 4.69) is 22.2 Å². The molecule has 0 saturated heterocycles. The first-order chi connectivity index (χ1) is 23.1. The number of pyridine rings is 2. The lowest BCUT2D eigenvalue weighted by molar-refractivity contribution is 0.00522. The number of carboxylic acids is 1. The molecule has 254 valence electrons. The zero-order valence-electron chi connectivity index (χ0n) is 26.6. The summed E-state index contributed by atoms with van der Waals surface area (Å²) in [5.41, 5.74) is -1.20. The number of thioether (sulfide) groups is 2. The molecule has 0 unspecified atom stereocenters. The number of aromatic nitrogens is 2. The summed E-state index contributed by atoms with van der Waals surface area (Å²) in [7, 11) is 0. The summed E-state index contributed by atoms with van der Waals surface area (Å²) in [5, 5.41) is 22.3. The van der Waals surface area contributed by atoms with Crippen LogP contribution in [0.2, 0.25) is 0 Å². The monoisotopic (exact) mass is 697 g/mol. The number of ether oxygens (including phenoxy) is 2. The molecule has 2 aromatic heterocycles. The van der Waals surface area contributed by atoms with E-state index in [-0.39, 0.29) is 29.4 Å². The van der Waals surface area contributed by atoms with E-state index in [1.165, 1.54) is 0 Å². The second-order valence-corrected chi connectivity index (χ2v) is 13.5. The van der Waals surface area contributed by atoms with Crippen LogP contribution in [-0.4, -0.2) is 55.7 Å². The third kappa shape index (κ3) is 10.9. The van der Waals surface area contributed by atoms with E-state index in [1.54, 1.807) is 47.8 Å². The van der Waals surface area contributed by atoms with E-state index >= 15 is 0 Å². The Morgan fingerprint density at radius 1 is 0.812 bits per heavy atom. The number of rotatable bonds is 12. The Morgan fingerprint density at radius 3 is 1.81 bits per heavy atom. The van der Waals surface area contributed by atoms with E-state index in [1.807, 2.05) is 31.2 Å². The molecule has 1 saturated carbocycles. The van der Waals surface area contributed by atoms with E-state index in [0.717, 1.165) is 65.1 Å². The standard InChI is InChI=1S/C21H25FN2O3S.C14H12FNO3S/c1-2-28-17-8-6-7-16(12-17)27-20-18(11-15(22)13-23-20)19(25)24-14-21(26)9-4-3-5-10-21;1-2-20-11-5-3-4-10(7-11)19-13-12(14(17)18)6-9(15)8-16-13/h6-8,11-13,26H,2-5,9-10,14H2,1H3,(H,24,25);3-8H,2H2,1H3,(H,17,18). The van der Waals surface area contributed by atoms with Crippen molar-refractivity contribution in [1.82, 2.24) is 15.3 Å². The fraction of sp³-hybridized carbons (Fsp3) is 0.314. The highest BCUT2D eigenvalue weighted by molar-refractivity contribution is 7.99. The highest BCUT2D eigenvalue weighted by atomic mass is 32.2. The molecule has 0 bridgehead atoms. The number of benzene rings is 2. The zero-order chi connectivity index (χ0) is 34.5. The quantitative estimate of drug-likeness (QED) is 0.124. The summed E-state index contributed by atoms with van der Waals surface area (Å²) >= 11 is 3.31. The third-order valence-electron chi connectivity index (χ3n) is 7.13. The molecule has 1 amide bonds. The van der Waals surface area contributed by atoms with Crippen molar-refractivity contribution >= 4 is 35.4 Å². The van der Waals surface area contributed by atoms with E-state index in [4.69, 9.17) is 14.6 Å². The van der Waals surface area contributed by atoms with Gasteiger partial charge >= 0.3 is 5.97 Å². The minimum atomic E-state index is -1.29. The summed E-state index contributed by atoms with van der Waals surface area (Å²) in [6, 6.07) is 16.6. The number of hydrogen-bond acceptors (Lipinski definition) is 9. The summed E-state index contributed by atoms with van der Waals surface area (Å²) < 4.78 is 38.0. The molecule has 13 heteroatoms.